The number of aryl methyl sites for hydroxylation is 1. The van der Waals surface area contributed by atoms with E-state index in [2.05, 4.69) is 17.3 Å². The predicted octanol–water partition coefficient (Wildman–Crippen LogP) is -0.294. The van der Waals surface area contributed by atoms with Crippen LogP contribution in [0.2, 0.25) is 0 Å². The molecule has 0 saturated carbocycles. The summed E-state index contributed by atoms with van der Waals surface area (Å²) in [7, 11) is 0. The van der Waals surface area contributed by atoms with Crippen LogP contribution in [-0.4, -0.2) is 50.7 Å². The number of piperazine rings is 1. The third kappa shape index (κ3) is 2.82. The maximum Gasteiger partial charge on any atom is 0.350 e. The van der Waals surface area contributed by atoms with E-state index in [1.807, 2.05) is 11.0 Å². The number of fused-ring (bicyclic) bond motifs is 1. The predicted molar refractivity (Wildman–Crippen MR) is 78.1 cm³/mol. The van der Waals surface area contributed by atoms with Gasteiger partial charge in [0.05, 0.1) is 6.54 Å². The average Bonchev–Trinajstić information content (AvgIpc) is 2.82. The minimum atomic E-state index is -0.202. The highest BCUT2D eigenvalue weighted by Gasteiger charge is 2.20. The fraction of sp³-hybridized carbons (Fsp3) is 0.500. The van der Waals surface area contributed by atoms with Gasteiger partial charge in [-0.15, -0.1) is 5.10 Å². The van der Waals surface area contributed by atoms with Gasteiger partial charge in [-0.3, -0.25) is 9.20 Å². The van der Waals surface area contributed by atoms with E-state index in [1.54, 1.807) is 18.3 Å². The molecule has 1 fully saturated rings. The molecule has 7 heteroatoms. The summed E-state index contributed by atoms with van der Waals surface area (Å²) in [5.74, 6) is 0.0762. The lowest BCUT2D eigenvalue weighted by atomic mass is 10.2. The van der Waals surface area contributed by atoms with Gasteiger partial charge in [-0.2, -0.15) is 0 Å². The SMILES string of the molecule is C[C@H]1CN(C(=O)CCn2nc3ccccn3c2=O)CCN1. The zero-order valence-electron chi connectivity index (χ0n) is 12.0. The van der Waals surface area contributed by atoms with Gasteiger partial charge in [0.2, 0.25) is 5.91 Å². The van der Waals surface area contributed by atoms with Gasteiger partial charge in [0, 0.05) is 38.3 Å². The molecule has 3 rings (SSSR count). The molecule has 2 aromatic rings. The maximum atomic E-state index is 12.2. The molecular weight excluding hydrogens is 270 g/mol. The van der Waals surface area contributed by atoms with Crippen molar-refractivity contribution in [1.29, 1.82) is 0 Å². The lowest BCUT2D eigenvalue weighted by Crippen LogP contribution is -2.51. The summed E-state index contributed by atoms with van der Waals surface area (Å²) in [6.07, 6.45) is 1.98. The molecule has 1 aliphatic heterocycles. The number of pyridine rings is 1. The lowest BCUT2D eigenvalue weighted by Gasteiger charge is -2.31. The van der Waals surface area contributed by atoms with E-state index < -0.39 is 0 Å². The Hall–Kier alpha value is -2.15. The van der Waals surface area contributed by atoms with Crippen molar-refractivity contribution in [1.82, 2.24) is 24.4 Å². The third-order valence-corrected chi connectivity index (χ3v) is 3.75. The standard InChI is InChI=1S/C14H19N5O2/c1-11-10-17(9-6-15-11)13(20)5-8-19-14(21)18-7-3-2-4-12(18)16-19/h2-4,7,11,15H,5-6,8-10H2,1H3/t11-/m0/s1. The van der Waals surface area contributed by atoms with Crippen molar-refractivity contribution in [2.75, 3.05) is 19.6 Å². The highest BCUT2D eigenvalue weighted by Crippen LogP contribution is 2.03. The monoisotopic (exact) mass is 289 g/mol. The zero-order chi connectivity index (χ0) is 14.8. The minimum Gasteiger partial charge on any atom is -0.340 e. The number of hydrogen-bond donors (Lipinski definition) is 1. The normalized spacial score (nSPS) is 19.1. The molecule has 1 N–H and O–H groups in total. The molecule has 0 aromatic carbocycles. The molecule has 21 heavy (non-hydrogen) atoms. The number of nitrogens with one attached hydrogen (secondary N) is 1. The van der Waals surface area contributed by atoms with Gasteiger partial charge in [-0.05, 0) is 19.1 Å². The second kappa shape index (κ2) is 5.69. The average molecular weight is 289 g/mol. The van der Waals surface area contributed by atoms with Crippen LogP contribution in [0.15, 0.2) is 29.2 Å². The Kier molecular flexibility index (Phi) is 3.74. The quantitative estimate of drug-likeness (QED) is 0.842. The largest absolute Gasteiger partial charge is 0.350 e. The smallest absolute Gasteiger partial charge is 0.340 e. The first-order valence-electron chi connectivity index (χ1n) is 7.20. The molecule has 7 nitrogen and oxygen atoms in total. The molecule has 1 amide bonds. The van der Waals surface area contributed by atoms with E-state index in [4.69, 9.17) is 0 Å². The highest BCUT2D eigenvalue weighted by atomic mass is 16.2. The molecule has 0 bridgehead atoms. The van der Waals surface area contributed by atoms with Crippen molar-refractivity contribution in [3.8, 4) is 0 Å². The molecular formula is C14H19N5O2. The molecule has 112 valence electrons. The summed E-state index contributed by atoms with van der Waals surface area (Å²) < 4.78 is 2.84. The van der Waals surface area contributed by atoms with E-state index in [9.17, 15) is 9.59 Å². The Balaban J connectivity index is 1.67. The van der Waals surface area contributed by atoms with Gasteiger partial charge in [0.15, 0.2) is 5.65 Å². The molecule has 3 heterocycles. The van der Waals surface area contributed by atoms with E-state index in [0.717, 1.165) is 19.6 Å². The van der Waals surface area contributed by atoms with Gasteiger partial charge >= 0.3 is 5.69 Å². The van der Waals surface area contributed by atoms with E-state index in [0.29, 0.717) is 24.7 Å². The number of aromatic nitrogens is 3. The fourth-order valence-electron chi connectivity index (χ4n) is 2.63. The van der Waals surface area contributed by atoms with Crippen LogP contribution in [-0.2, 0) is 11.3 Å². The Morgan fingerprint density at radius 1 is 1.48 bits per heavy atom. The number of amides is 1. The van der Waals surface area contributed by atoms with Crippen molar-refractivity contribution in [2.24, 2.45) is 0 Å². The Morgan fingerprint density at radius 2 is 2.33 bits per heavy atom. The molecule has 1 saturated heterocycles. The number of nitrogens with zero attached hydrogens (tertiary/aromatic N) is 4. The van der Waals surface area contributed by atoms with Gasteiger partial charge in [0.25, 0.3) is 0 Å². The van der Waals surface area contributed by atoms with Crippen molar-refractivity contribution < 1.29 is 4.79 Å². The second-order valence-corrected chi connectivity index (χ2v) is 5.38. The first kappa shape index (κ1) is 13.8. The van der Waals surface area contributed by atoms with E-state index in [-0.39, 0.29) is 11.6 Å². The Labute approximate surface area is 122 Å². The van der Waals surface area contributed by atoms with Crippen LogP contribution >= 0.6 is 0 Å². The highest BCUT2D eigenvalue weighted by molar-refractivity contribution is 5.76. The van der Waals surface area contributed by atoms with Gasteiger partial charge < -0.3 is 10.2 Å². The molecule has 1 atom stereocenters. The number of carbonyl (C=O) groups excluding carboxylic acids is 1. The van der Waals surface area contributed by atoms with Crippen molar-refractivity contribution in [3.63, 3.8) is 0 Å². The molecule has 2 aromatic heterocycles. The van der Waals surface area contributed by atoms with Gasteiger partial charge in [0.1, 0.15) is 0 Å². The van der Waals surface area contributed by atoms with Crippen molar-refractivity contribution in [2.45, 2.75) is 25.9 Å². The van der Waals surface area contributed by atoms with Gasteiger partial charge in [-0.25, -0.2) is 9.48 Å². The van der Waals surface area contributed by atoms with Crippen molar-refractivity contribution in [3.05, 3.63) is 34.9 Å². The lowest BCUT2D eigenvalue weighted by molar-refractivity contribution is -0.132. The second-order valence-electron chi connectivity index (χ2n) is 5.38. The first-order valence-corrected chi connectivity index (χ1v) is 7.20. The number of rotatable bonds is 3. The molecule has 0 radical (unpaired) electrons. The topological polar surface area (TPSA) is 71.6 Å². The van der Waals surface area contributed by atoms with Crippen LogP contribution in [0.25, 0.3) is 5.65 Å². The maximum absolute atomic E-state index is 12.2. The Morgan fingerprint density at radius 3 is 3.10 bits per heavy atom. The molecule has 0 aliphatic carbocycles. The zero-order valence-corrected chi connectivity index (χ0v) is 12.0. The Bertz CT molecular complexity index is 705. The molecule has 0 spiro atoms. The first-order chi connectivity index (χ1) is 10.1. The van der Waals surface area contributed by atoms with Crippen LogP contribution in [0.3, 0.4) is 0 Å². The van der Waals surface area contributed by atoms with Crippen LogP contribution in [0, 0.1) is 0 Å². The summed E-state index contributed by atoms with van der Waals surface area (Å²) in [6, 6.07) is 5.71. The van der Waals surface area contributed by atoms with E-state index in [1.165, 1.54) is 9.08 Å². The van der Waals surface area contributed by atoms with Crippen LogP contribution in [0.5, 0.6) is 0 Å². The fourth-order valence-corrected chi connectivity index (χ4v) is 2.63. The summed E-state index contributed by atoms with van der Waals surface area (Å²) in [5, 5.41) is 7.53. The van der Waals surface area contributed by atoms with Crippen LogP contribution in [0.1, 0.15) is 13.3 Å². The van der Waals surface area contributed by atoms with E-state index >= 15 is 0 Å². The number of carbonyl (C=O) groups is 1. The third-order valence-electron chi connectivity index (χ3n) is 3.75. The summed E-state index contributed by atoms with van der Waals surface area (Å²) in [6.45, 7) is 4.65. The molecule has 0 unspecified atom stereocenters. The van der Waals surface area contributed by atoms with Crippen LogP contribution < -0.4 is 11.0 Å². The minimum absolute atomic E-state index is 0.0762. The summed E-state index contributed by atoms with van der Waals surface area (Å²) >= 11 is 0. The van der Waals surface area contributed by atoms with Crippen molar-refractivity contribution >= 4 is 11.6 Å². The summed E-state index contributed by atoms with van der Waals surface area (Å²) in [4.78, 5) is 26.1. The van der Waals surface area contributed by atoms with Crippen LogP contribution in [0.4, 0.5) is 0 Å². The summed E-state index contributed by atoms with van der Waals surface area (Å²) in [5.41, 5.74) is 0.401. The van der Waals surface area contributed by atoms with Gasteiger partial charge in [-0.1, -0.05) is 6.07 Å². The number of hydrogen-bond acceptors (Lipinski definition) is 4. The molecule has 1 aliphatic rings.